The Labute approximate surface area is 141 Å². The van der Waals surface area contributed by atoms with Gasteiger partial charge < -0.3 is 0 Å². The number of amides is 3. The molecule has 0 aromatic heterocycles. The van der Waals surface area contributed by atoms with Crippen LogP contribution in [-0.2, 0) is 11.3 Å². The van der Waals surface area contributed by atoms with Crippen LogP contribution < -0.4 is 0 Å². The summed E-state index contributed by atoms with van der Waals surface area (Å²) in [5, 5.41) is 10.8. The highest BCUT2D eigenvalue weighted by Gasteiger charge is 2.52. The van der Waals surface area contributed by atoms with Crippen LogP contribution >= 0.6 is 11.6 Å². The number of aliphatic imine (C=N–C) groups is 1. The van der Waals surface area contributed by atoms with Crippen LogP contribution in [0.3, 0.4) is 0 Å². The number of hydrogen-bond acceptors (Lipinski definition) is 5. The molecule has 0 bridgehead atoms. The maximum atomic E-state index is 12.4. The summed E-state index contributed by atoms with van der Waals surface area (Å²) < 4.78 is 1.56. The number of carbonyl (C=O) groups excluding carboxylic acids is 2. The Bertz CT molecular complexity index is 817. The van der Waals surface area contributed by atoms with Crippen LogP contribution in [0.25, 0.3) is 0 Å². The molecule has 2 heterocycles. The molecule has 3 rings (SSSR count). The number of hydrogen-bond donors (Lipinski definition) is 0. The van der Waals surface area contributed by atoms with Crippen molar-refractivity contribution in [3.05, 3.63) is 39.9 Å². The maximum Gasteiger partial charge on any atom is 0.394 e. The van der Waals surface area contributed by atoms with Crippen molar-refractivity contribution < 1.29 is 19.1 Å². The maximum absolute atomic E-state index is 12.4. The molecule has 2 aliphatic heterocycles. The van der Waals surface area contributed by atoms with Crippen molar-refractivity contribution in [2.75, 3.05) is 14.1 Å². The lowest BCUT2D eigenvalue weighted by atomic mass is 10.1. The number of rotatable bonds is 3. The van der Waals surface area contributed by atoms with Crippen LogP contribution in [0.15, 0.2) is 29.3 Å². The minimum Gasteiger partial charge on any atom is -0.269 e. The monoisotopic (exact) mass is 350 g/mol. The smallest absolute Gasteiger partial charge is 0.269 e. The average Bonchev–Trinajstić information content (AvgIpc) is 2.88. The van der Waals surface area contributed by atoms with Crippen LogP contribution in [0.4, 0.5) is 10.5 Å². The molecule has 0 spiro atoms. The molecule has 124 valence electrons. The van der Waals surface area contributed by atoms with Crippen molar-refractivity contribution in [1.82, 2.24) is 9.80 Å². The minimum atomic E-state index is -0.791. The fourth-order valence-electron chi connectivity index (χ4n) is 2.64. The van der Waals surface area contributed by atoms with Crippen LogP contribution in [0.5, 0.6) is 0 Å². The molecule has 1 saturated heterocycles. The Balaban J connectivity index is 1.89. The zero-order chi connectivity index (χ0) is 17.6. The zero-order valence-electron chi connectivity index (χ0n) is 12.8. The molecular formula is C14H13ClN5O4+. The van der Waals surface area contributed by atoms with Gasteiger partial charge in [0.15, 0.2) is 0 Å². The lowest BCUT2D eigenvalue weighted by Gasteiger charge is -2.30. The second-order valence-corrected chi connectivity index (χ2v) is 5.77. The summed E-state index contributed by atoms with van der Waals surface area (Å²) in [5.74, 6) is -0.149. The third-order valence-corrected chi connectivity index (χ3v) is 4.28. The number of nitro groups is 1. The standard InChI is InChI=1S/C14H13ClN5O4/c1-17-11-10(12(21)18(2)14(17)22)19(13(15)16-11)7-8-3-5-9(6-4-8)20(23)24/h3-6,10H,7H2,1-2H3/q+1. The molecule has 2 aliphatic rings. The van der Waals surface area contributed by atoms with Gasteiger partial charge in [0.05, 0.1) is 4.92 Å². The summed E-state index contributed by atoms with van der Waals surface area (Å²) >= 11 is 6.15. The molecule has 0 saturated carbocycles. The summed E-state index contributed by atoms with van der Waals surface area (Å²) in [6.45, 7) is 0.232. The van der Waals surface area contributed by atoms with E-state index in [4.69, 9.17) is 11.6 Å². The third kappa shape index (κ3) is 2.42. The Morgan fingerprint density at radius 2 is 1.88 bits per heavy atom. The van der Waals surface area contributed by atoms with Gasteiger partial charge in [0.25, 0.3) is 23.5 Å². The molecule has 1 fully saturated rings. The van der Waals surface area contributed by atoms with E-state index < -0.39 is 22.9 Å². The van der Waals surface area contributed by atoms with Gasteiger partial charge in [-0.2, -0.15) is 0 Å². The van der Waals surface area contributed by atoms with Crippen LogP contribution in [0, 0.1) is 10.1 Å². The summed E-state index contributed by atoms with van der Waals surface area (Å²) in [7, 11) is 2.92. The SMILES string of the molecule is CN1C(=O)C2C(=NC(Cl)=[N+]2Cc2ccc([N+](=O)[O-])cc2)N(C)C1=O. The highest BCUT2D eigenvalue weighted by Crippen LogP contribution is 2.22. The molecule has 1 unspecified atom stereocenters. The van der Waals surface area contributed by atoms with Gasteiger partial charge in [0.2, 0.25) is 0 Å². The molecule has 0 N–H and O–H groups in total. The highest BCUT2D eigenvalue weighted by molar-refractivity contribution is 6.65. The number of fused-ring (bicyclic) bond motifs is 1. The lowest BCUT2D eigenvalue weighted by Crippen LogP contribution is -2.61. The van der Waals surface area contributed by atoms with E-state index in [9.17, 15) is 19.7 Å². The number of nitrogens with zero attached hydrogens (tertiary/aromatic N) is 5. The molecule has 1 aromatic carbocycles. The first-order valence-electron chi connectivity index (χ1n) is 6.97. The first-order chi connectivity index (χ1) is 11.3. The molecule has 24 heavy (non-hydrogen) atoms. The van der Waals surface area contributed by atoms with E-state index >= 15 is 0 Å². The normalized spacial score (nSPS) is 20.5. The largest absolute Gasteiger partial charge is 0.394 e. The first-order valence-corrected chi connectivity index (χ1v) is 7.35. The number of imide groups is 1. The lowest BCUT2D eigenvalue weighted by molar-refractivity contribution is -0.549. The molecular weight excluding hydrogens is 338 g/mol. The molecule has 0 radical (unpaired) electrons. The highest BCUT2D eigenvalue weighted by atomic mass is 35.5. The number of benzene rings is 1. The summed E-state index contributed by atoms with van der Waals surface area (Å²) in [4.78, 5) is 41.1. The van der Waals surface area contributed by atoms with Crippen molar-refractivity contribution in [3.8, 4) is 0 Å². The average molecular weight is 351 g/mol. The van der Waals surface area contributed by atoms with Gasteiger partial charge in [-0.15, -0.1) is 0 Å². The molecule has 1 aromatic rings. The number of amidine groups is 2. The van der Waals surface area contributed by atoms with Crippen LogP contribution in [-0.4, -0.2) is 62.5 Å². The number of nitro benzene ring substituents is 1. The number of carbonyl (C=O) groups is 2. The van der Waals surface area contributed by atoms with Crippen molar-refractivity contribution in [2.45, 2.75) is 12.6 Å². The quantitative estimate of drug-likeness (QED) is 0.351. The summed E-state index contributed by atoms with van der Waals surface area (Å²) in [6, 6.07) is 4.67. The fourth-order valence-corrected chi connectivity index (χ4v) is 2.89. The van der Waals surface area contributed by atoms with Crippen molar-refractivity contribution in [2.24, 2.45) is 4.99 Å². The molecule has 3 amide bonds. The zero-order valence-corrected chi connectivity index (χ0v) is 13.6. The topological polar surface area (TPSA) is 99.1 Å². The van der Waals surface area contributed by atoms with E-state index in [1.165, 1.54) is 31.1 Å². The Kier molecular flexibility index (Phi) is 3.80. The van der Waals surface area contributed by atoms with Gasteiger partial charge in [-0.25, -0.2) is 9.37 Å². The minimum absolute atomic E-state index is 0.0222. The van der Waals surface area contributed by atoms with E-state index in [1.807, 2.05) is 0 Å². The van der Waals surface area contributed by atoms with Crippen LogP contribution in [0.1, 0.15) is 5.56 Å². The number of urea groups is 1. The van der Waals surface area contributed by atoms with Crippen molar-refractivity contribution >= 4 is 40.4 Å². The van der Waals surface area contributed by atoms with Gasteiger partial charge in [0.1, 0.15) is 6.54 Å². The number of halogens is 1. The van der Waals surface area contributed by atoms with Gasteiger partial charge in [-0.05, 0) is 22.7 Å². The van der Waals surface area contributed by atoms with Crippen LogP contribution in [0.2, 0.25) is 0 Å². The number of non-ortho nitro benzene ring substituents is 1. The van der Waals surface area contributed by atoms with Gasteiger partial charge in [-0.1, -0.05) is 0 Å². The molecule has 9 nitrogen and oxygen atoms in total. The Hall–Kier alpha value is -2.81. The van der Waals surface area contributed by atoms with Gasteiger partial charge >= 0.3 is 11.3 Å². The molecule has 0 aliphatic carbocycles. The predicted molar refractivity (Wildman–Crippen MR) is 85.1 cm³/mol. The van der Waals surface area contributed by atoms with E-state index in [0.717, 1.165) is 10.5 Å². The molecule has 10 heteroatoms. The summed E-state index contributed by atoms with van der Waals surface area (Å²) in [6.07, 6.45) is 0. The predicted octanol–water partition coefficient (Wildman–Crippen LogP) is 1.01. The Morgan fingerprint density at radius 1 is 1.25 bits per heavy atom. The van der Waals surface area contributed by atoms with Crippen molar-refractivity contribution in [1.29, 1.82) is 0 Å². The van der Waals surface area contributed by atoms with E-state index in [-0.39, 0.29) is 23.4 Å². The fraction of sp³-hybridized carbons (Fsp3) is 0.286. The van der Waals surface area contributed by atoms with E-state index in [0.29, 0.717) is 0 Å². The second kappa shape index (κ2) is 5.68. The van der Waals surface area contributed by atoms with E-state index in [1.54, 1.807) is 16.7 Å². The Morgan fingerprint density at radius 3 is 2.46 bits per heavy atom. The molecule has 1 atom stereocenters. The van der Waals surface area contributed by atoms with Gasteiger partial charge in [-0.3, -0.25) is 24.7 Å². The van der Waals surface area contributed by atoms with Crippen molar-refractivity contribution in [3.63, 3.8) is 0 Å². The van der Waals surface area contributed by atoms with E-state index in [2.05, 4.69) is 4.99 Å². The second-order valence-electron chi connectivity index (χ2n) is 5.43. The first kappa shape index (κ1) is 16.1. The van der Waals surface area contributed by atoms with Gasteiger partial charge in [0, 0.05) is 37.8 Å². The third-order valence-electron chi connectivity index (χ3n) is 3.98. The number of likely N-dealkylation sites (N-methyl/N-ethyl adjacent to an activating group) is 2. The summed E-state index contributed by atoms with van der Waals surface area (Å²) in [5.41, 5.74) is 0.705.